The predicted octanol–water partition coefficient (Wildman–Crippen LogP) is 0.261. The van der Waals surface area contributed by atoms with Gasteiger partial charge in [-0.05, 0) is 25.0 Å². The maximum absolute atomic E-state index is 12.1. The Morgan fingerprint density at radius 1 is 1.69 bits per heavy atom. The predicted molar refractivity (Wildman–Crippen MR) is 59.8 cm³/mol. The van der Waals surface area contributed by atoms with Crippen LogP contribution in [0.1, 0.15) is 23.3 Å². The highest BCUT2D eigenvalue weighted by Crippen LogP contribution is 2.20. The second kappa shape index (κ2) is 4.49. The molecule has 1 aromatic heterocycles. The number of aliphatic hydroxyl groups excluding tert-OH is 1. The number of hydrogen-bond donors (Lipinski definition) is 2. The summed E-state index contributed by atoms with van der Waals surface area (Å²) in [5.41, 5.74) is 6.37. The number of carbonyl (C=O) groups is 1. The van der Waals surface area contributed by atoms with Gasteiger partial charge in [0.15, 0.2) is 5.69 Å². The molecule has 0 spiro atoms. The topological polar surface area (TPSA) is 79.5 Å². The summed E-state index contributed by atoms with van der Waals surface area (Å²) < 4.78 is 0. The van der Waals surface area contributed by atoms with Crippen LogP contribution in [0.5, 0.6) is 0 Å². The molecule has 0 aromatic carbocycles. The Kier molecular flexibility index (Phi) is 3.05. The largest absolute Gasteiger partial charge is 0.397 e. The highest BCUT2D eigenvalue weighted by atomic mass is 16.3. The Morgan fingerprint density at radius 3 is 3.19 bits per heavy atom. The van der Waals surface area contributed by atoms with Crippen LogP contribution in [0.2, 0.25) is 0 Å². The molecule has 0 aliphatic carbocycles. The second-order valence-corrected chi connectivity index (χ2v) is 3.92. The minimum Gasteiger partial charge on any atom is -0.397 e. The van der Waals surface area contributed by atoms with Crippen molar-refractivity contribution < 1.29 is 9.90 Å². The van der Waals surface area contributed by atoms with E-state index in [1.165, 1.54) is 0 Å². The molecule has 1 saturated heterocycles. The van der Waals surface area contributed by atoms with Crippen molar-refractivity contribution >= 4 is 11.6 Å². The molecule has 0 saturated carbocycles. The molecule has 2 rings (SSSR count). The molecule has 1 atom stereocenters. The van der Waals surface area contributed by atoms with E-state index in [1.54, 1.807) is 23.2 Å². The number of aliphatic hydroxyl groups is 1. The van der Waals surface area contributed by atoms with Crippen LogP contribution in [-0.2, 0) is 0 Å². The zero-order chi connectivity index (χ0) is 11.5. The van der Waals surface area contributed by atoms with Crippen molar-refractivity contribution in [1.29, 1.82) is 0 Å². The van der Waals surface area contributed by atoms with Gasteiger partial charge in [-0.3, -0.25) is 4.79 Å². The molecule has 3 N–H and O–H groups in total. The number of nitrogens with two attached hydrogens (primary N) is 1. The molecular weight excluding hydrogens is 206 g/mol. The number of anilines is 1. The number of amides is 1. The van der Waals surface area contributed by atoms with Crippen molar-refractivity contribution in [1.82, 2.24) is 9.88 Å². The summed E-state index contributed by atoms with van der Waals surface area (Å²) in [4.78, 5) is 17.8. The molecule has 5 nitrogen and oxygen atoms in total. The first-order valence-electron chi connectivity index (χ1n) is 5.36. The number of carbonyl (C=O) groups excluding carboxylic acids is 1. The Bertz CT molecular complexity index is 395. The summed E-state index contributed by atoms with van der Waals surface area (Å²) >= 11 is 0. The zero-order valence-electron chi connectivity index (χ0n) is 8.97. The van der Waals surface area contributed by atoms with Crippen molar-refractivity contribution in [2.45, 2.75) is 18.9 Å². The normalized spacial score (nSPS) is 20.1. The molecule has 5 heteroatoms. The molecule has 0 radical (unpaired) electrons. The summed E-state index contributed by atoms with van der Waals surface area (Å²) in [6.07, 6.45) is 3.31. The van der Waals surface area contributed by atoms with Crippen LogP contribution in [0.25, 0.3) is 0 Å². The van der Waals surface area contributed by atoms with E-state index in [2.05, 4.69) is 4.98 Å². The Hall–Kier alpha value is -1.62. The van der Waals surface area contributed by atoms with E-state index in [0.29, 0.717) is 12.2 Å². The Labute approximate surface area is 93.9 Å². The van der Waals surface area contributed by atoms with Crippen molar-refractivity contribution in [2.75, 3.05) is 18.9 Å². The maximum Gasteiger partial charge on any atom is 0.274 e. The van der Waals surface area contributed by atoms with Crippen LogP contribution in [0.15, 0.2) is 18.3 Å². The number of rotatable bonds is 2. The van der Waals surface area contributed by atoms with Gasteiger partial charge in [0.2, 0.25) is 0 Å². The van der Waals surface area contributed by atoms with E-state index >= 15 is 0 Å². The van der Waals surface area contributed by atoms with Gasteiger partial charge in [-0.1, -0.05) is 0 Å². The molecular formula is C11H15N3O2. The van der Waals surface area contributed by atoms with Crippen molar-refractivity contribution in [3.8, 4) is 0 Å². The average Bonchev–Trinajstić information content (AvgIpc) is 2.77. The molecule has 1 aromatic rings. The molecule has 16 heavy (non-hydrogen) atoms. The smallest absolute Gasteiger partial charge is 0.274 e. The number of nitrogens with zero attached hydrogens (tertiary/aromatic N) is 2. The number of pyridine rings is 1. The molecule has 2 heterocycles. The standard InChI is InChI=1S/C11H15N3O2/c12-9-4-1-5-13-10(9)11(16)14-6-2-3-8(14)7-15/h1,4-5,8,15H,2-3,6-7,12H2/t8-/m1/s1. The highest BCUT2D eigenvalue weighted by Gasteiger charge is 2.30. The van der Waals surface area contributed by atoms with Gasteiger partial charge in [-0.15, -0.1) is 0 Å². The van der Waals surface area contributed by atoms with E-state index in [1.807, 2.05) is 0 Å². The monoisotopic (exact) mass is 221 g/mol. The third-order valence-electron chi connectivity index (χ3n) is 2.89. The molecule has 0 bridgehead atoms. The van der Waals surface area contributed by atoms with Gasteiger partial charge in [-0.2, -0.15) is 0 Å². The summed E-state index contributed by atoms with van der Waals surface area (Å²) in [6, 6.07) is 3.26. The van der Waals surface area contributed by atoms with Gasteiger partial charge >= 0.3 is 0 Å². The average molecular weight is 221 g/mol. The third kappa shape index (κ3) is 1.86. The van der Waals surface area contributed by atoms with E-state index in [0.717, 1.165) is 12.8 Å². The van der Waals surface area contributed by atoms with Crippen LogP contribution in [0.3, 0.4) is 0 Å². The summed E-state index contributed by atoms with van der Waals surface area (Å²) in [5.74, 6) is -0.186. The minimum atomic E-state index is -0.186. The summed E-state index contributed by atoms with van der Waals surface area (Å²) in [7, 11) is 0. The lowest BCUT2D eigenvalue weighted by Gasteiger charge is -2.22. The van der Waals surface area contributed by atoms with Crippen molar-refractivity contribution in [2.24, 2.45) is 0 Å². The van der Waals surface area contributed by atoms with Gasteiger partial charge in [-0.25, -0.2) is 4.98 Å². The number of hydrogen-bond acceptors (Lipinski definition) is 4. The third-order valence-corrected chi connectivity index (χ3v) is 2.89. The highest BCUT2D eigenvalue weighted by molar-refractivity contribution is 5.97. The van der Waals surface area contributed by atoms with Crippen LogP contribution in [-0.4, -0.2) is 40.1 Å². The fourth-order valence-corrected chi connectivity index (χ4v) is 2.03. The first-order chi connectivity index (χ1) is 7.74. The lowest BCUT2D eigenvalue weighted by Crippen LogP contribution is -2.38. The van der Waals surface area contributed by atoms with Crippen LogP contribution >= 0.6 is 0 Å². The lowest BCUT2D eigenvalue weighted by atomic mass is 10.2. The maximum atomic E-state index is 12.1. The van der Waals surface area contributed by atoms with Gasteiger partial charge in [0, 0.05) is 12.7 Å². The molecule has 1 amide bonds. The number of likely N-dealkylation sites (tertiary alicyclic amines) is 1. The molecule has 86 valence electrons. The van der Waals surface area contributed by atoms with Gasteiger partial charge in [0.05, 0.1) is 18.3 Å². The van der Waals surface area contributed by atoms with E-state index in [-0.39, 0.29) is 24.2 Å². The molecule has 1 fully saturated rings. The zero-order valence-corrected chi connectivity index (χ0v) is 8.97. The van der Waals surface area contributed by atoms with Gasteiger partial charge < -0.3 is 15.7 Å². The van der Waals surface area contributed by atoms with Crippen LogP contribution < -0.4 is 5.73 Å². The van der Waals surface area contributed by atoms with E-state index in [9.17, 15) is 4.79 Å². The first-order valence-corrected chi connectivity index (χ1v) is 5.36. The fourth-order valence-electron chi connectivity index (χ4n) is 2.03. The number of aromatic nitrogens is 1. The van der Waals surface area contributed by atoms with E-state index < -0.39 is 0 Å². The minimum absolute atomic E-state index is 0.00151. The Balaban J connectivity index is 2.22. The fraction of sp³-hybridized carbons (Fsp3) is 0.455. The van der Waals surface area contributed by atoms with E-state index in [4.69, 9.17) is 10.8 Å². The van der Waals surface area contributed by atoms with Crippen molar-refractivity contribution in [3.63, 3.8) is 0 Å². The molecule has 1 aliphatic rings. The quantitative estimate of drug-likeness (QED) is 0.750. The molecule has 0 unspecified atom stereocenters. The first kappa shape index (κ1) is 10.9. The second-order valence-electron chi connectivity index (χ2n) is 3.92. The lowest BCUT2D eigenvalue weighted by molar-refractivity contribution is 0.0673. The molecule has 1 aliphatic heterocycles. The SMILES string of the molecule is Nc1cccnc1C(=O)N1CCC[C@@H]1CO. The number of nitrogen functional groups attached to an aromatic ring is 1. The van der Waals surface area contributed by atoms with Crippen LogP contribution in [0, 0.1) is 0 Å². The summed E-state index contributed by atoms with van der Waals surface area (Å²) in [6.45, 7) is 0.665. The summed E-state index contributed by atoms with van der Waals surface area (Å²) in [5, 5.41) is 9.16. The van der Waals surface area contributed by atoms with Gasteiger partial charge in [0.25, 0.3) is 5.91 Å². The Morgan fingerprint density at radius 2 is 2.50 bits per heavy atom. The van der Waals surface area contributed by atoms with Crippen LogP contribution in [0.4, 0.5) is 5.69 Å². The van der Waals surface area contributed by atoms with Gasteiger partial charge in [0.1, 0.15) is 0 Å². The van der Waals surface area contributed by atoms with Crippen molar-refractivity contribution in [3.05, 3.63) is 24.0 Å².